The predicted molar refractivity (Wildman–Crippen MR) is 219 cm³/mol. The van der Waals surface area contributed by atoms with Gasteiger partial charge >= 0.3 is 0 Å². The number of nitrogens with zero attached hydrogens (tertiary/aromatic N) is 2. The summed E-state index contributed by atoms with van der Waals surface area (Å²) in [6.45, 7) is 16.6. The van der Waals surface area contributed by atoms with Crippen LogP contribution < -0.4 is 0 Å². The van der Waals surface area contributed by atoms with Crippen molar-refractivity contribution in [3.8, 4) is 11.1 Å². The zero-order valence-corrected chi connectivity index (χ0v) is 33.5. The zero-order valence-electron chi connectivity index (χ0n) is 33.5. The molecule has 0 saturated carbocycles. The lowest BCUT2D eigenvalue weighted by molar-refractivity contribution is 0.0168. The molecule has 0 fully saturated rings. The summed E-state index contributed by atoms with van der Waals surface area (Å²) in [6, 6.07) is 17.9. The molecule has 0 heterocycles. The van der Waals surface area contributed by atoms with E-state index >= 15 is 0 Å². The van der Waals surface area contributed by atoms with Crippen LogP contribution in [0.5, 0.6) is 0 Å². The first-order valence-corrected chi connectivity index (χ1v) is 21.5. The average Bonchev–Trinajstić information content (AvgIpc) is 3.14. The van der Waals surface area contributed by atoms with Gasteiger partial charge in [-0.3, -0.25) is 9.80 Å². The summed E-state index contributed by atoms with van der Waals surface area (Å²) in [5.74, 6) is 0. The highest BCUT2D eigenvalue weighted by atomic mass is 16.5. The standard InChI is InChI=1S/C46H80N2O2/c1-5-9-13-17-21-25-37-47(35-23-19-15-11-7-3)41-49-39-43-27-31-45(32-28-43)46-33-29-44(30-34-46)40-50-42-48(36-24-20-16-12-8-4)38-26-22-18-14-10-6-2/h27-34H,5-26,35-42H2,1-4H3. The third-order valence-electron chi connectivity index (χ3n) is 10.1. The lowest BCUT2D eigenvalue weighted by atomic mass is 10.0. The van der Waals surface area contributed by atoms with Gasteiger partial charge in [-0.1, -0.05) is 192 Å². The minimum Gasteiger partial charge on any atom is -0.361 e. The first-order valence-electron chi connectivity index (χ1n) is 21.5. The van der Waals surface area contributed by atoms with E-state index in [1.807, 2.05) is 0 Å². The molecule has 0 unspecified atom stereocenters. The molecule has 0 aromatic heterocycles. The van der Waals surface area contributed by atoms with E-state index in [9.17, 15) is 0 Å². The molecule has 0 amide bonds. The van der Waals surface area contributed by atoms with Crippen LogP contribution in [0.3, 0.4) is 0 Å². The smallest absolute Gasteiger partial charge is 0.0994 e. The zero-order chi connectivity index (χ0) is 35.7. The van der Waals surface area contributed by atoms with Crippen LogP contribution in [0.2, 0.25) is 0 Å². The first kappa shape index (κ1) is 44.4. The molecule has 50 heavy (non-hydrogen) atoms. The van der Waals surface area contributed by atoms with Gasteiger partial charge in [0.15, 0.2) is 0 Å². The number of rotatable bonds is 35. The van der Waals surface area contributed by atoms with Gasteiger partial charge in [0.2, 0.25) is 0 Å². The maximum absolute atomic E-state index is 6.26. The quantitative estimate of drug-likeness (QED) is 0.0530. The first-order chi connectivity index (χ1) is 24.7. The largest absolute Gasteiger partial charge is 0.361 e. The Morgan fingerprint density at radius 3 is 0.880 bits per heavy atom. The van der Waals surface area contributed by atoms with Gasteiger partial charge in [0.05, 0.1) is 26.7 Å². The monoisotopic (exact) mass is 693 g/mol. The van der Waals surface area contributed by atoms with Crippen molar-refractivity contribution in [3.05, 3.63) is 59.7 Å². The van der Waals surface area contributed by atoms with E-state index in [-0.39, 0.29) is 0 Å². The molecule has 0 aliphatic heterocycles. The summed E-state index contributed by atoms with van der Waals surface area (Å²) in [5.41, 5.74) is 5.01. The van der Waals surface area contributed by atoms with Crippen LogP contribution >= 0.6 is 0 Å². The molecule has 0 spiro atoms. The van der Waals surface area contributed by atoms with Crippen LogP contribution in [0.25, 0.3) is 11.1 Å². The van der Waals surface area contributed by atoms with Gasteiger partial charge in [0.25, 0.3) is 0 Å². The van der Waals surface area contributed by atoms with Gasteiger partial charge in [0, 0.05) is 26.2 Å². The van der Waals surface area contributed by atoms with Gasteiger partial charge in [-0.2, -0.15) is 0 Å². The molecular formula is C46H80N2O2. The van der Waals surface area contributed by atoms with E-state index in [0.717, 1.165) is 39.6 Å². The highest BCUT2D eigenvalue weighted by Crippen LogP contribution is 2.21. The van der Waals surface area contributed by atoms with Crippen molar-refractivity contribution in [1.29, 1.82) is 0 Å². The Morgan fingerprint density at radius 2 is 0.600 bits per heavy atom. The third-order valence-corrected chi connectivity index (χ3v) is 10.1. The molecule has 0 saturated heterocycles. The number of unbranched alkanes of at least 4 members (excludes halogenated alkanes) is 18. The van der Waals surface area contributed by atoms with Crippen LogP contribution in [0.1, 0.15) is 180 Å². The predicted octanol–water partition coefficient (Wildman–Crippen LogP) is 13.6. The summed E-state index contributed by atoms with van der Waals surface area (Å²) in [7, 11) is 0. The molecule has 2 rings (SSSR count). The van der Waals surface area contributed by atoms with Crippen molar-refractivity contribution in [3.63, 3.8) is 0 Å². The molecule has 0 bridgehead atoms. The highest BCUT2D eigenvalue weighted by molar-refractivity contribution is 5.63. The average molecular weight is 693 g/mol. The summed E-state index contributed by atoms with van der Waals surface area (Å²) < 4.78 is 12.5. The molecule has 4 heteroatoms. The van der Waals surface area contributed by atoms with Crippen LogP contribution in [0.4, 0.5) is 0 Å². The maximum atomic E-state index is 6.26. The van der Waals surface area contributed by atoms with Crippen molar-refractivity contribution in [1.82, 2.24) is 9.80 Å². The Labute approximate surface area is 311 Å². The maximum Gasteiger partial charge on any atom is 0.0994 e. The van der Waals surface area contributed by atoms with E-state index in [1.165, 1.54) is 164 Å². The molecule has 4 nitrogen and oxygen atoms in total. The molecular weight excluding hydrogens is 613 g/mol. The topological polar surface area (TPSA) is 24.9 Å². The Kier molecular flexibility index (Phi) is 28.4. The van der Waals surface area contributed by atoms with E-state index in [2.05, 4.69) is 86.0 Å². The fraction of sp³-hybridized carbons (Fsp3) is 0.739. The van der Waals surface area contributed by atoms with Crippen LogP contribution in [0.15, 0.2) is 48.5 Å². The van der Waals surface area contributed by atoms with Gasteiger partial charge in [-0.05, 0) is 47.9 Å². The van der Waals surface area contributed by atoms with Gasteiger partial charge in [0.1, 0.15) is 0 Å². The van der Waals surface area contributed by atoms with Crippen LogP contribution in [-0.4, -0.2) is 49.4 Å². The molecule has 0 atom stereocenters. The second-order valence-corrected chi connectivity index (χ2v) is 14.9. The highest BCUT2D eigenvalue weighted by Gasteiger charge is 2.08. The molecule has 2 aromatic rings. The second kappa shape index (κ2) is 32.0. The summed E-state index contributed by atoms with van der Waals surface area (Å²) in [6.07, 6.45) is 29.5. The van der Waals surface area contributed by atoms with Crippen molar-refractivity contribution >= 4 is 0 Å². The van der Waals surface area contributed by atoms with Crippen molar-refractivity contribution in [2.75, 3.05) is 39.6 Å². The summed E-state index contributed by atoms with van der Waals surface area (Å²) in [5, 5.41) is 0. The van der Waals surface area contributed by atoms with E-state index in [4.69, 9.17) is 9.47 Å². The Balaban J connectivity index is 1.77. The Morgan fingerprint density at radius 1 is 0.340 bits per heavy atom. The summed E-state index contributed by atoms with van der Waals surface area (Å²) in [4.78, 5) is 5.10. The lowest BCUT2D eigenvalue weighted by Gasteiger charge is -2.22. The van der Waals surface area contributed by atoms with Crippen molar-refractivity contribution in [2.45, 2.75) is 182 Å². The molecule has 2 aromatic carbocycles. The number of hydrogen-bond acceptors (Lipinski definition) is 4. The van der Waals surface area contributed by atoms with Crippen LogP contribution in [0, 0.1) is 0 Å². The lowest BCUT2D eigenvalue weighted by Crippen LogP contribution is -2.28. The normalized spacial score (nSPS) is 11.7. The molecule has 0 N–H and O–H groups in total. The third kappa shape index (κ3) is 23.0. The number of benzene rings is 2. The molecule has 286 valence electrons. The minimum atomic E-state index is 0.675. The number of hydrogen-bond donors (Lipinski definition) is 0. The van der Waals surface area contributed by atoms with E-state index < -0.39 is 0 Å². The minimum absolute atomic E-state index is 0.675. The van der Waals surface area contributed by atoms with E-state index in [1.54, 1.807) is 0 Å². The molecule has 0 aliphatic carbocycles. The van der Waals surface area contributed by atoms with Gasteiger partial charge in [-0.25, -0.2) is 0 Å². The van der Waals surface area contributed by atoms with Crippen LogP contribution in [-0.2, 0) is 22.7 Å². The van der Waals surface area contributed by atoms with E-state index in [0.29, 0.717) is 13.2 Å². The van der Waals surface area contributed by atoms with Crippen molar-refractivity contribution in [2.24, 2.45) is 0 Å². The summed E-state index contributed by atoms with van der Waals surface area (Å²) >= 11 is 0. The second-order valence-electron chi connectivity index (χ2n) is 14.9. The Hall–Kier alpha value is -1.72. The molecule has 0 radical (unpaired) electrons. The SMILES string of the molecule is CCCCCCCCN(CCCCCCC)COCc1ccc(-c2ccc(COCN(CCCCCCC)CCCCCCCC)cc2)cc1. The van der Waals surface area contributed by atoms with Crippen molar-refractivity contribution < 1.29 is 9.47 Å². The fourth-order valence-corrected chi connectivity index (χ4v) is 6.76. The molecule has 0 aliphatic rings. The fourth-order valence-electron chi connectivity index (χ4n) is 6.76. The Bertz CT molecular complexity index is 911. The van der Waals surface area contributed by atoms with Gasteiger partial charge < -0.3 is 9.47 Å². The van der Waals surface area contributed by atoms with Gasteiger partial charge in [-0.15, -0.1) is 0 Å². The number of ether oxygens (including phenoxy) is 2.